The average Bonchev–Trinajstić information content (AvgIpc) is 2.77. The summed E-state index contributed by atoms with van der Waals surface area (Å²) in [5.41, 5.74) is 0.869. The predicted octanol–water partition coefficient (Wildman–Crippen LogP) is 2.33. The van der Waals surface area contributed by atoms with E-state index in [0.717, 1.165) is 5.69 Å². The molecular formula is C11H13ClN4O. The molecule has 5 nitrogen and oxygen atoms in total. The summed E-state index contributed by atoms with van der Waals surface area (Å²) < 4.78 is 0. The molecule has 1 amide bonds. The van der Waals surface area contributed by atoms with Crippen molar-refractivity contribution in [3.63, 3.8) is 0 Å². The Balaban J connectivity index is 2.22. The highest BCUT2D eigenvalue weighted by Gasteiger charge is 2.28. The quantitative estimate of drug-likeness (QED) is 0.811. The Morgan fingerprint density at radius 3 is 2.71 bits per heavy atom. The molecule has 17 heavy (non-hydrogen) atoms. The van der Waals surface area contributed by atoms with Crippen LogP contribution in [0.25, 0.3) is 0 Å². The van der Waals surface area contributed by atoms with Gasteiger partial charge in [-0.25, -0.2) is 5.01 Å². The Morgan fingerprint density at radius 1 is 1.47 bits per heavy atom. The number of carbonyl (C=O) groups excluding carboxylic acids is 1. The molecule has 0 saturated carbocycles. The third-order valence-electron chi connectivity index (χ3n) is 2.72. The normalized spacial score (nSPS) is 18.5. The lowest BCUT2D eigenvalue weighted by Gasteiger charge is -2.29. The van der Waals surface area contributed by atoms with Crippen molar-refractivity contribution in [1.29, 1.82) is 0 Å². The first-order valence-corrected chi connectivity index (χ1v) is 5.63. The molecule has 2 rings (SSSR count). The summed E-state index contributed by atoms with van der Waals surface area (Å²) in [5, 5.41) is 10.4. The second kappa shape index (κ2) is 4.71. The smallest absolute Gasteiger partial charge is 0.220 e. The maximum absolute atomic E-state index is 11.4. The molecule has 90 valence electrons. The lowest BCUT2D eigenvalue weighted by atomic mass is 10.3. The van der Waals surface area contributed by atoms with Crippen LogP contribution in [-0.2, 0) is 4.79 Å². The summed E-state index contributed by atoms with van der Waals surface area (Å²) in [6.07, 6.45) is -0.159. The van der Waals surface area contributed by atoms with Gasteiger partial charge in [-0.15, -0.1) is 0 Å². The van der Waals surface area contributed by atoms with E-state index < -0.39 is 0 Å². The van der Waals surface area contributed by atoms with E-state index in [4.69, 9.17) is 11.6 Å². The van der Waals surface area contributed by atoms with Crippen molar-refractivity contribution < 1.29 is 4.79 Å². The molecule has 0 aliphatic carbocycles. The second-order valence-electron chi connectivity index (χ2n) is 3.84. The molecule has 1 aromatic carbocycles. The fraction of sp³-hybridized carbons (Fsp3) is 0.364. The summed E-state index contributed by atoms with van der Waals surface area (Å²) in [5.74, 6) is -0.0127. The van der Waals surface area contributed by atoms with E-state index in [1.165, 1.54) is 6.92 Å². The topological polar surface area (TPSA) is 48.3 Å². The summed E-state index contributed by atoms with van der Waals surface area (Å²) in [6.45, 7) is 2.01. The highest BCUT2D eigenvalue weighted by atomic mass is 35.5. The number of anilines is 1. The van der Waals surface area contributed by atoms with Gasteiger partial charge in [-0.3, -0.25) is 4.79 Å². The molecule has 0 fully saturated rings. The molecule has 1 aromatic rings. The first-order chi connectivity index (χ1) is 8.09. The lowest BCUT2D eigenvalue weighted by molar-refractivity contribution is -0.129. The number of halogens is 1. The zero-order valence-electron chi connectivity index (χ0n) is 9.67. The van der Waals surface area contributed by atoms with Crippen LogP contribution in [0.1, 0.15) is 6.92 Å². The molecule has 6 heteroatoms. The number of benzene rings is 1. The third kappa shape index (κ3) is 2.39. The van der Waals surface area contributed by atoms with Gasteiger partial charge in [0.15, 0.2) is 0 Å². The number of nitrogens with zero attached hydrogens (tertiary/aromatic N) is 4. The van der Waals surface area contributed by atoms with Gasteiger partial charge in [0.25, 0.3) is 0 Å². The molecule has 1 unspecified atom stereocenters. The lowest BCUT2D eigenvalue weighted by Crippen LogP contribution is -2.45. The number of hydrogen-bond acceptors (Lipinski definition) is 4. The monoisotopic (exact) mass is 252 g/mol. The Labute approximate surface area is 105 Å². The van der Waals surface area contributed by atoms with E-state index in [1.54, 1.807) is 29.1 Å². The number of likely N-dealkylation sites (N-methyl/N-ethyl adjacent to an activating group) is 1. The minimum atomic E-state index is -0.159. The van der Waals surface area contributed by atoms with Crippen molar-refractivity contribution in [2.45, 2.75) is 13.1 Å². The standard InChI is InChI=1S/C11H13ClN4O/c1-8(17)15(2)11-7-13-14-16(11)10-5-3-9(12)4-6-10/h3-6,11H,7H2,1-2H3. The van der Waals surface area contributed by atoms with Crippen LogP contribution in [0, 0.1) is 0 Å². The van der Waals surface area contributed by atoms with Crippen LogP contribution < -0.4 is 5.01 Å². The van der Waals surface area contributed by atoms with Crippen molar-refractivity contribution in [1.82, 2.24) is 4.90 Å². The zero-order valence-corrected chi connectivity index (χ0v) is 10.4. The summed E-state index contributed by atoms with van der Waals surface area (Å²) in [7, 11) is 1.74. The summed E-state index contributed by atoms with van der Waals surface area (Å²) >= 11 is 5.83. The van der Waals surface area contributed by atoms with Crippen LogP contribution >= 0.6 is 11.6 Å². The van der Waals surface area contributed by atoms with Crippen LogP contribution in [0.2, 0.25) is 5.02 Å². The largest absolute Gasteiger partial charge is 0.322 e. The molecular weight excluding hydrogens is 240 g/mol. The average molecular weight is 253 g/mol. The molecule has 1 aliphatic heterocycles. The molecule has 0 spiro atoms. The Morgan fingerprint density at radius 2 is 2.12 bits per heavy atom. The van der Waals surface area contributed by atoms with Gasteiger partial charge in [-0.05, 0) is 24.3 Å². The highest BCUT2D eigenvalue weighted by Crippen LogP contribution is 2.24. The molecule has 1 atom stereocenters. The van der Waals surface area contributed by atoms with Crippen molar-refractivity contribution in [2.75, 3.05) is 18.6 Å². The Kier molecular flexibility index (Phi) is 3.28. The minimum absolute atomic E-state index is 0.0127. The maximum Gasteiger partial charge on any atom is 0.220 e. The van der Waals surface area contributed by atoms with Gasteiger partial charge in [-0.1, -0.05) is 16.8 Å². The van der Waals surface area contributed by atoms with Crippen LogP contribution in [0.5, 0.6) is 0 Å². The molecule has 0 radical (unpaired) electrons. The van der Waals surface area contributed by atoms with Gasteiger partial charge in [-0.2, -0.15) is 5.11 Å². The highest BCUT2D eigenvalue weighted by molar-refractivity contribution is 6.30. The fourth-order valence-corrected chi connectivity index (χ4v) is 1.75. The van der Waals surface area contributed by atoms with Crippen molar-refractivity contribution >= 4 is 23.2 Å². The van der Waals surface area contributed by atoms with Crippen LogP contribution in [0.4, 0.5) is 5.69 Å². The van der Waals surface area contributed by atoms with E-state index in [9.17, 15) is 4.79 Å². The van der Waals surface area contributed by atoms with Gasteiger partial charge < -0.3 is 4.90 Å². The summed E-state index contributed by atoms with van der Waals surface area (Å²) in [4.78, 5) is 13.0. The first-order valence-electron chi connectivity index (χ1n) is 5.25. The maximum atomic E-state index is 11.4. The fourth-order valence-electron chi connectivity index (χ4n) is 1.63. The van der Waals surface area contributed by atoms with E-state index in [-0.39, 0.29) is 12.1 Å². The van der Waals surface area contributed by atoms with Crippen LogP contribution in [0.3, 0.4) is 0 Å². The predicted molar refractivity (Wildman–Crippen MR) is 65.9 cm³/mol. The summed E-state index contributed by atoms with van der Waals surface area (Å²) in [6, 6.07) is 7.28. The van der Waals surface area contributed by atoms with Gasteiger partial charge >= 0.3 is 0 Å². The molecule has 0 bridgehead atoms. The number of rotatable bonds is 2. The van der Waals surface area contributed by atoms with Crippen molar-refractivity contribution in [3.8, 4) is 0 Å². The number of carbonyl (C=O) groups is 1. The number of hydrogen-bond donors (Lipinski definition) is 0. The molecule has 0 aromatic heterocycles. The molecule has 0 N–H and O–H groups in total. The van der Waals surface area contributed by atoms with Gasteiger partial charge in [0.2, 0.25) is 5.91 Å². The SMILES string of the molecule is CC(=O)N(C)C1CN=NN1c1ccc(Cl)cc1. The molecule has 0 saturated heterocycles. The van der Waals surface area contributed by atoms with E-state index in [2.05, 4.69) is 10.3 Å². The zero-order chi connectivity index (χ0) is 12.4. The Bertz CT molecular complexity index is 445. The van der Waals surface area contributed by atoms with E-state index in [1.807, 2.05) is 12.1 Å². The number of amides is 1. The van der Waals surface area contributed by atoms with Crippen LogP contribution in [-0.4, -0.2) is 30.6 Å². The van der Waals surface area contributed by atoms with E-state index in [0.29, 0.717) is 11.6 Å². The van der Waals surface area contributed by atoms with Gasteiger partial charge in [0.1, 0.15) is 12.7 Å². The van der Waals surface area contributed by atoms with Gasteiger partial charge in [0, 0.05) is 19.0 Å². The molecule has 1 aliphatic rings. The second-order valence-corrected chi connectivity index (χ2v) is 4.28. The van der Waals surface area contributed by atoms with Crippen molar-refractivity contribution in [3.05, 3.63) is 29.3 Å². The van der Waals surface area contributed by atoms with Crippen molar-refractivity contribution in [2.24, 2.45) is 10.3 Å². The third-order valence-corrected chi connectivity index (χ3v) is 2.97. The minimum Gasteiger partial charge on any atom is -0.322 e. The van der Waals surface area contributed by atoms with Gasteiger partial charge in [0.05, 0.1) is 5.69 Å². The van der Waals surface area contributed by atoms with Crippen LogP contribution in [0.15, 0.2) is 34.6 Å². The first kappa shape index (κ1) is 11.9. The Hall–Kier alpha value is -1.62. The molecule has 1 heterocycles. The van der Waals surface area contributed by atoms with E-state index >= 15 is 0 Å².